The van der Waals surface area contributed by atoms with E-state index < -0.39 is 5.54 Å². The average Bonchev–Trinajstić information content (AvgIpc) is 2.17. The highest BCUT2D eigenvalue weighted by atomic mass is 16.5. The second kappa shape index (κ2) is 4.34. The minimum Gasteiger partial charge on any atom is -0.623 e. The predicted molar refractivity (Wildman–Crippen MR) is 61.5 cm³/mol. The van der Waals surface area contributed by atoms with E-state index >= 15 is 0 Å². The van der Waals surface area contributed by atoms with Gasteiger partial charge in [0, 0.05) is 20.8 Å². The molecule has 3 nitrogen and oxygen atoms in total. The molecule has 82 valence electrons. The Morgan fingerprint density at radius 2 is 1.87 bits per heavy atom. The van der Waals surface area contributed by atoms with Crippen molar-refractivity contribution in [1.29, 1.82) is 0 Å². The Hall–Kier alpha value is -1.51. The lowest BCUT2D eigenvalue weighted by molar-refractivity contribution is -0.530. The molecule has 0 bridgehead atoms. The molecule has 0 heterocycles. The van der Waals surface area contributed by atoms with Crippen LogP contribution in [0.1, 0.15) is 26.3 Å². The summed E-state index contributed by atoms with van der Waals surface area (Å²) in [5.74, 6) is 0.711. The molecule has 0 aliphatic heterocycles. The standard InChI is InChI=1S/C12H17NO2/c1-12(2,3)13(14)9-10-7-5-6-8-11(10)15-4/h5-9H,1-4H3. The third-order valence-corrected chi connectivity index (χ3v) is 2.06. The Morgan fingerprint density at radius 3 is 2.40 bits per heavy atom. The summed E-state index contributed by atoms with van der Waals surface area (Å²) in [6.07, 6.45) is 1.55. The molecule has 0 saturated heterocycles. The van der Waals surface area contributed by atoms with E-state index in [4.69, 9.17) is 4.74 Å². The van der Waals surface area contributed by atoms with Crippen molar-refractivity contribution in [3.8, 4) is 5.75 Å². The Labute approximate surface area is 90.6 Å². The first-order chi connectivity index (χ1) is 6.95. The third kappa shape index (κ3) is 2.98. The summed E-state index contributed by atoms with van der Waals surface area (Å²) in [7, 11) is 1.60. The van der Waals surface area contributed by atoms with Crippen molar-refractivity contribution in [1.82, 2.24) is 0 Å². The fourth-order valence-electron chi connectivity index (χ4n) is 1.09. The zero-order chi connectivity index (χ0) is 11.5. The molecule has 0 aliphatic carbocycles. The number of hydrogen-bond donors (Lipinski definition) is 0. The van der Waals surface area contributed by atoms with Crippen molar-refractivity contribution >= 4 is 6.21 Å². The largest absolute Gasteiger partial charge is 0.623 e. The van der Waals surface area contributed by atoms with E-state index in [2.05, 4.69) is 0 Å². The van der Waals surface area contributed by atoms with Crippen LogP contribution in [-0.4, -0.2) is 23.6 Å². The van der Waals surface area contributed by atoms with Crippen LogP contribution in [0, 0.1) is 5.21 Å². The summed E-state index contributed by atoms with van der Waals surface area (Å²) in [4.78, 5) is 0. The summed E-state index contributed by atoms with van der Waals surface area (Å²) in [5.41, 5.74) is 0.367. The molecular weight excluding hydrogens is 190 g/mol. The Bertz CT molecular complexity index is 364. The van der Waals surface area contributed by atoms with Gasteiger partial charge in [0.1, 0.15) is 5.75 Å². The smallest absolute Gasteiger partial charge is 0.186 e. The normalized spacial score (nSPS) is 12.7. The number of nitrogens with zero attached hydrogens (tertiary/aromatic N) is 1. The molecule has 15 heavy (non-hydrogen) atoms. The Kier molecular flexibility index (Phi) is 3.35. The number of ether oxygens (including phenoxy) is 1. The van der Waals surface area contributed by atoms with Crippen LogP contribution in [0.2, 0.25) is 0 Å². The van der Waals surface area contributed by atoms with Crippen LogP contribution in [0.4, 0.5) is 0 Å². The lowest BCUT2D eigenvalue weighted by Crippen LogP contribution is -2.29. The number of hydrogen-bond acceptors (Lipinski definition) is 2. The molecule has 0 atom stereocenters. The van der Waals surface area contributed by atoms with Crippen molar-refractivity contribution in [2.24, 2.45) is 0 Å². The number of benzene rings is 1. The maximum atomic E-state index is 11.7. The van der Waals surface area contributed by atoms with E-state index in [1.807, 2.05) is 45.0 Å². The van der Waals surface area contributed by atoms with Crippen molar-refractivity contribution in [3.05, 3.63) is 35.0 Å². The van der Waals surface area contributed by atoms with Gasteiger partial charge in [-0.2, -0.15) is 0 Å². The molecule has 0 spiro atoms. The van der Waals surface area contributed by atoms with Gasteiger partial charge in [-0.05, 0) is 12.1 Å². The first-order valence-corrected chi connectivity index (χ1v) is 4.89. The minimum atomic E-state index is -0.430. The molecule has 0 N–H and O–H groups in total. The SMILES string of the molecule is COc1ccccc1C=[N+]([O-])C(C)(C)C. The molecule has 1 rings (SSSR count). The highest BCUT2D eigenvalue weighted by Crippen LogP contribution is 2.16. The van der Waals surface area contributed by atoms with Crippen LogP contribution >= 0.6 is 0 Å². The van der Waals surface area contributed by atoms with Gasteiger partial charge < -0.3 is 9.94 Å². The van der Waals surface area contributed by atoms with Gasteiger partial charge in [-0.1, -0.05) is 12.1 Å². The van der Waals surface area contributed by atoms with Crippen molar-refractivity contribution < 1.29 is 9.48 Å². The monoisotopic (exact) mass is 207 g/mol. The van der Waals surface area contributed by atoms with E-state index in [9.17, 15) is 5.21 Å². The zero-order valence-electron chi connectivity index (χ0n) is 9.65. The van der Waals surface area contributed by atoms with Gasteiger partial charge in [-0.3, -0.25) is 0 Å². The highest BCUT2D eigenvalue weighted by molar-refractivity contribution is 5.80. The molecule has 1 aromatic carbocycles. The van der Waals surface area contributed by atoms with E-state index in [0.717, 1.165) is 10.3 Å². The molecule has 0 amide bonds. The van der Waals surface area contributed by atoms with Gasteiger partial charge in [-0.15, -0.1) is 0 Å². The first kappa shape index (κ1) is 11.6. The molecule has 0 saturated carbocycles. The van der Waals surface area contributed by atoms with Crippen LogP contribution in [0.15, 0.2) is 24.3 Å². The molecule has 0 aliphatic rings. The van der Waals surface area contributed by atoms with Gasteiger partial charge in [0.15, 0.2) is 11.8 Å². The lowest BCUT2D eigenvalue weighted by atomic mass is 10.1. The number of para-hydroxylation sites is 1. The fraction of sp³-hybridized carbons (Fsp3) is 0.417. The molecular formula is C12H17NO2. The Balaban J connectivity index is 3.08. The summed E-state index contributed by atoms with van der Waals surface area (Å²) in [5, 5.41) is 11.7. The number of hydroxylamine groups is 1. The maximum absolute atomic E-state index is 11.7. The molecule has 3 heteroatoms. The maximum Gasteiger partial charge on any atom is 0.186 e. The van der Waals surface area contributed by atoms with Gasteiger partial charge >= 0.3 is 0 Å². The number of methoxy groups -OCH3 is 1. The van der Waals surface area contributed by atoms with E-state index in [1.165, 1.54) is 0 Å². The second-order valence-corrected chi connectivity index (χ2v) is 4.37. The van der Waals surface area contributed by atoms with Crippen LogP contribution < -0.4 is 4.74 Å². The summed E-state index contributed by atoms with van der Waals surface area (Å²) < 4.78 is 6.10. The summed E-state index contributed by atoms with van der Waals surface area (Å²) >= 11 is 0. The minimum absolute atomic E-state index is 0.430. The molecule has 0 radical (unpaired) electrons. The highest BCUT2D eigenvalue weighted by Gasteiger charge is 2.18. The van der Waals surface area contributed by atoms with Crippen molar-refractivity contribution in [3.63, 3.8) is 0 Å². The molecule has 0 aromatic heterocycles. The van der Waals surface area contributed by atoms with E-state index in [1.54, 1.807) is 13.3 Å². The van der Waals surface area contributed by atoms with Crippen molar-refractivity contribution in [2.45, 2.75) is 26.3 Å². The van der Waals surface area contributed by atoms with Crippen LogP contribution in [-0.2, 0) is 0 Å². The zero-order valence-corrected chi connectivity index (χ0v) is 9.65. The molecule has 0 fully saturated rings. The second-order valence-electron chi connectivity index (χ2n) is 4.37. The van der Waals surface area contributed by atoms with Gasteiger partial charge in [0.05, 0.1) is 12.7 Å². The predicted octanol–water partition coefficient (Wildman–Crippen LogP) is 2.42. The molecule has 0 unspecified atom stereocenters. The van der Waals surface area contributed by atoms with Gasteiger partial charge in [-0.25, -0.2) is 4.74 Å². The van der Waals surface area contributed by atoms with E-state index in [0.29, 0.717) is 5.75 Å². The van der Waals surface area contributed by atoms with Crippen molar-refractivity contribution in [2.75, 3.05) is 7.11 Å². The van der Waals surface area contributed by atoms with Crippen LogP contribution in [0.25, 0.3) is 0 Å². The fourth-order valence-corrected chi connectivity index (χ4v) is 1.09. The van der Waals surface area contributed by atoms with Crippen LogP contribution in [0.5, 0.6) is 5.75 Å². The third-order valence-electron chi connectivity index (χ3n) is 2.06. The van der Waals surface area contributed by atoms with E-state index in [-0.39, 0.29) is 0 Å². The summed E-state index contributed by atoms with van der Waals surface area (Å²) in [6.45, 7) is 5.60. The first-order valence-electron chi connectivity index (χ1n) is 4.89. The van der Waals surface area contributed by atoms with Crippen LogP contribution in [0.3, 0.4) is 0 Å². The molecule has 1 aromatic rings. The quantitative estimate of drug-likeness (QED) is 0.323. The average molecular weight is 207 g/mol. The summed E-state index contributed by atoms with van der Waals surface area (Å²) in [6, 6.07) is 7.45. The number of rotatable bonds is 2. The lowest BCUT2D eigenvalue weighted by Gasteiger charge is -2.18. The Morgan fingerprint density at radius 1 is 1.27 bits per heavy atom. The van der Waals surface area contributed by atoms with Gasteiger partial charge in [0.25, 0.3) is 0 Å². The topological polar surface area (TPSA) is 35.3 Å². The van der Waals surface area contributed by atoms with Gasteiger partial charge in [0.2, 0.25) is 0 Å².